The maximum absolute atomic E-state index is 13.2. The molecule has 0 radical (unpaired) electrons. The third kappa shape index (κ3) is 3.68. The summed E-state index contributed by atoms with van der Waals surface area (Å²) in [6.45, 7) is 2.04. The number of amides is 1. The summed E-state index contributed by atoms with van der Waals surface area (Å²) in [5.41, 5.74) is 0.139. The molecule has 0 heterocycles. The topological polar surface area (TPSA) is 40.5 Å². The average Bonchev–Trinajstić information content (AvgIpc) is 2.28. The molecule has 1 aromatic carbocycles. The lowest BCUT2D eigenvalue weighted by Crippen LogP contribution is -2.29. The second kappa shape index (κ2) is 5.98. The molecule has 0 bridgehead atoms. The highest BCUT2D eigenvalue weighted by molar-refractivity contribution is 6.33. The minimum Gasteiger partial charge on any atom is -0.393 e. The van der Waals surface area contributed by atoms with E-state index in [-0.39, 0.29) is 16.5 Å². The van der Waals surface area contributed by atoms with E-state index < -0.39 is 11.9 Å². The van der Waals surface area contributed by atoms with Crippen LogP contribution < -0.4 is 0 Å². The Balaban J connectivity index is 2.78. The van der Waals surface area contributed by atoms with Crippen molar-refractivity contribution in [3.8, 4) is 0 Å². The number of benzene rings is 1. The standard InChI is InChI=1S/C12H15ClFNO2/c1-8(16)6-7-15(2)12(17)9-4-3-5-10(14)11(9)13/h3-5,8,16H,6-7H2,1-2H3. The van der Waals surface area contributed by atoms with Crippen LogP contribution in [0, 0.1) is 5.82 Å². The highest BCUT2D eigenvalue weighted by atomic mass is 35.5. The zero-order valence-electron chi connectivity index (χ0n) is 9.78. The summed E-state index contributed by atoms with van der Waals surface area (Å²) in [6, 6.07) is 4.12. The van der Waals surface area contributed by atoms with E-state index in [1.807, 2.05) is 0 Å². The molecule has 1 N–H and O–H groups in total. The minimum absolute atomic E-state index is 0.139. The van der Waals surface area contributed by atoms with E-state index in [0.29, 0.717) is 13.0 Å². The Kier molecular flexibility index (Phi) is 4.90. The molecule has 3 nitrogen and oxygen atoms in total. The van der Waals surface area contributed by atoms with Gasteiger partial charge in [0.2, 0.25) is 0 Å². The summed E-state index contributed by atoms with van der Waals surface area (Å²) < 4.78 is 13.2. The van der Waals surface area contributed by atoms with Gasteiger partial charge >= 0.3 is 0 Å². The third-order valence-corrected chi connectivity index (χ3v) is 2.80. The Labute approximate surface area is 105 Å². The smallest absolute Gasteiger partial charge is 0.255 e. The highest BCUT2D eigenvalue weighted by Crippen LogP contribution is 2.20. The normalized spacial score (nSPS) is 12.3. The molecular weight excluding hydrogens is 245 g/mol. The Hall–Kier alpha value is -1.13. The molecule has 0 aliphatic rings. The number of hydrogen-bond donors (Lipinski definition) is 1. The van der Waals surface area contributed by atoms with Gasteiger partial charge in [0.15, 0.2) is 0 Å². The van der Waals surface area contributed by atoms with Gasteiger partial charge in [-0.15, -0.1) is 0 Å². The van der Waals surface area contributed by atoms with Gasteiger partial charge in [-0.2, -0.15) is 0 Å². The van der Waals surface area contributed by atoms with E-state index in [0.717, 1.165) is 0 Å². The van der Waals surface area contributed by atoms with Gasteiger partial charge in [-0.05, 0) is 25.5 Å². The molecule has 1 rings (SSSR count). The Morgan fingerprint density at radius 1 is 1.59 bits per heavy atom. The molecule has 0 spiro atoms. The van der Waals surface area contributed by atoms with Crippen LogP contribution in [0.5, 0.6) is 0 Å². The number of aliphatic hydroxyl groups is 1. The van der Waals surface area contributed by atoms with Crippen molar-refractivity contribution >= 4 is 17.5 Å². The summed E-state index contributed by atoms with van der Waals surface area (Å²) in [6.07, 6.45) is -0.0111. The average molecular weight is 260 g/mol. The number of carbonyl (C=O) groups excluding carboxylic acids is 1. The van der Waals surface area contributed by atoms with Crippen molar-refractivity contribution in [3.63, 3.8) is 0 Å². The van der Waals surface area contributed by atoms with Crippen molar-refractivity contribution in [3.05, 3.63) is 34.6 Å². The first kappa shape index (κ1) is 13.9. The summed E-state index contributed by atoms with van der Waals surface area (Å²) in [5, 5.41) is 8.96. The lowest BCUT2D eigenvalue weighted by molar-refractivity contribution is 0.0768. The molecule has 0 saturated carbocycles. The van der Waals surface area contributed by atoms with Crippen molar-refractivity contribution in [1.82, 2.24) is 4.90 Å². The third-order valence-electron chi connectivity index (χ3n) is 2.41. The van der Waals surface area contributed by atoms with Gasteiger partial charge < -0.3 is 10.0 Å². The van der Waals surface area contributed by atoms with Gasteiger partial charge in [0.1, 0.15) is 5.82 Å². The molecule has 17 heavy (non-hydrogen) atoms. The predicted molar refractivity (Wildman–Crippen MR) is 64.7 cm³/mol. The fraction of sp³-hybridized carbons (Fsp3) is 0.417. The van der Waals surface area contributed by atoms with E-state index in [9.17, 15) is 9.18 Å². The van der Waals surface area contributed by atoms with Gasteiger partial charge in [-0.3, -0.25) is 4.79 Å². The fourth-order valence-electron chi connectivity index (χ4n) is 1.36. The first-order chi connectivity index (χ1) is 7.93. The van der Waals surface area contributed by atoms with Gasteiger partial charge in [0.25, 0.3) is 5.91 Å². The van der Waals surface area contributed by atoms with E-state index >= 15 is 0 Å². The molecule has 0 saturated heterocycles. The summed E-state index contributed by atoms with van der Waals surface area (Å²) >= 11 is 5.72. The van der Waals surface area contributed by atoms with Crippen LogP contribution in [0.1, 0.15) is 23.7 Å². The maximum Gasteiger partial charge on any atom is 0.255 e. The molecule has 0 aliphatic heterocycles. The van der Waals surface area contributed by atoms with Crippen LogP contribution in [-0.2, 0) is 0 Å². The zero-order chi connectivity index (χ0) is 13.0. The Morgan fingerprint density at radius 3 is 2.82 bits per heavy atom. The van der Waals surface area contributed by atoms with Crippen molar-refractivity contribution in [2.45, 2.75) is 19.4 Å². The number of rotatable bonds is 4. The highest BCUT2D eigenvalue weighted by Gasteiger charge is 2.17. The van der Waals surface area contributed by atoms with Crippen molar-refractivity contribution < 1.29 is 14.3 Å². The minimum atomic E-state index is -0.610. The first-order valence-corrected chi connectivity index (χ1v) is 5.68. The van der Waals surface area contributed by atoms with Crippen LogP contribution in [-0.4, -0.2) is 35.6 Å². The molecular formula is C12H15ClFNO2. The van der Waals surface area contributed by atoms with Gasteiger partial charge in [-0.25, -0.2) is 4.39 Å². The van der Waals surface area contributed by atoms with Crippen LogP contribution in [0.4, 0.5) is 4.39 Å². The van der Waals surface area contributed by atoms with Crippen LogP contribution >= 0.6 is 11.6 Å². The van der Waals surface area contributed by atoms with Crippen LogP contribution in [0.15, 0.2) is 18.2 Å². The number of carbonyl (C=O) groups is 1. The van der Waals surface area contributed by atoms with Gasteiger partial charge in [0.05, 0.1) is 16.7 Å². The number of hydrogen-bond acceptors (Lipinski definition) is 2. The number of nitrogens with zero attached hydrogens (tertiary/aromatic N) is 1. The number of aliphatic hydroxyl groups excluding tert-OH is 1. The van der Waals surface area contributed by atoms with Gasteiger partial charge in [-0.1, -0.05) is 17.7 Å². The monoisotopic (exact) mass is 259 g/mol. The quantitative estimate of drug-likeness (QED) is 0.902. The van der Waals surface area contributed by atoms with E-state index in [1.54, 1.807) is 14.0 Å². The zero-order valence-corrected chi connectivity index (χ0v) is 10.5. The van der Waals surface area contributed by atoms with Crippen molar-refractivity contribution in [1.29, 1.82) is 0 Å². The van der Waals surface area contributed by atoms with E-state index in [4.69, 9.17) is 16.7 Å². The Bertz CT molecular complexity index is 409. The molecule has 1 amide bonds. The molecule has 5 heteroatoms. The molecule has 0 fully saturated rings. The lowest BCUT2D eigenvalue weighted by atomic mass is 10.2. The number of halogens is 2. The fourth-order valence-corrected chi connectivity index (χ4v) is 1.56. The van der Waals surface area contributed by atoms with Crippen LogP contribution in [0.25, 0.3) is 0 Å². The largest absolute Gasteiger partial charge is 0.393 e. The van der Waals surface area contributed by atoms with Crippen LogP contribution in [0.3, 0.4) is 0 Å². The molecule has 0 aromatic heterocycles. The van der Waals surface area contributed by atoms with Crippen molar-refractivity contribution in [2.75, 3.05) is 13.6 Å². The molecule has 94 valence electrons. The molecule has 1 aromatic rings. The van der Waals surface area contributed by atoms with Crippen LogP contribution in [0.2, 0.25) is 5.02 Å². The van der Waals surface area contributed by atoms with Crippen molar-refractivity contribution in [2.24, 2.45) is 0 Å². The SMILES string of the molecule is CC(O)CCN(C)C(=O)c1cccc(F)c1Cl. The second-order valence-electron chi connectivity index (χ2n) is 3.97. The summed E-state index contributed by atoms with van der Waals surface area (Å²) in [7, 11) is 1.59. The predicted octanol–water partition coefficient (Wildman–Crippen LogP) is 2.32. The van der Waals surface area contributed by atoms with E-state index in [1.165, 1.54) is 23.1 Å². The van der Waals surface area contributed by atoms with E-state index in [2.05, 4.69) is 0 Å². The molecule has 0 aliphatic carbocycles. The molecule has 1 atom stereocenters. The first-order valence-electron chi connectivity index (χ1n) is 5.31. The van der Waals surface area contributed by atoms with Gasteiger partial charge in [0, 0.05) is 13.6 Å². The Morgan fingerprint density at radius 2 is 2.24 bits per heavy atom. The summed E-state index contributed by atoms with van der Waals surface area (Å²) in [5.74, 6) is -0.961. The maximum atomic E-state index is 13.2. The molecule has 1 unspecified atom stereocenters. The summed E-state index contributed by atoms with van der Waals surface area (Å²) in [4.78, 5) is 13.3. The second-order valence-corrected chi connectivity index (χ2v) is 4.34. The lowest BCUT2D eigenvalue weighted by Gasteiger charge is -2.18.